The van der Waals surface area contributed by atoms with Gasteiger partial charge in [0.25, 0.3) is 0 Å². The maximum atomic E-state index is 7.15. The summed E-state index contributed by atoms with van der Waals surface area (Å²) in [6, 6.07) is 58.7. The van der Waals surface area contributed by atoms with Crippen molar-refractivity contribution in [2.75, 3.05) is 4.90 Å². The van der Waals surface area contributed by atoms with Crippen LogP contribution in [0, 0.1) is 0 Å². The summed E-state index contributed by atoms with van der Waals surface area (Å²) in [7, 11) is 0. The standard InChI is InChI=1S/C58H47NO/c1-4-21-56(57-38-42-26-20-34-46(58(42)60-57)39-22-8-7-9-23-39)59(54(6-3)43(5-2)52-36-40-24-10-12-27-44(40)47-29-14-16-31-49(47)52)55-35-19-18-33-51(55)53-37-41-25-11-13-28-45(41)48-30-15-17-32-50(48)53/h4-15,17-20,22-30,32-38,43,54,56H,1-3,16,21,31H2. The quantitative estimate of drug-likeness (QED) is 0.0908. The van der Waals surface area contributed by atoms with Crippen molar-refractivity contribution in [2.24, 2.45) is 0 Å². The Morgan fingerprint density at radius 2 is 1.25 bits per heavy atom. The van der Waals surface area contributed by atoms with E-state index in [2.05, 4.69) is 213 Å². The van der Waals surface area contributed by atoms with E-state index in [1.54, 1.807) is 0 Å². The number of fused-ring (bicyclic) bond motifs is 7. The maximum Gasteiger partial charge on any atom is 0.142 e. The van der Waals surface area contributed by atoms with E-state index in [1.165, 1.54) is 54.6 Å². The fourth-order valence-electron chi connectivity index (χ4n) is 9.88. The van der Waals surface area contributed by atoms with Crippen LogP contribution < -0.4 is 4.90 Å². The lowest BCUT2D eigenvalue weighted by Gasteiger charge is -2.42. The van der Waals surface area contributed by atoms with Crippen molar-refractivity contribution in [1.82, 2.24) is 0 Å². The van der Waals surface area contributed by atoms with Crippen LogP contribution in [0.4, 0.5) is 5.69 Å². The van der Waals surface area contributed by atoms with Gasteiger partial charge >= 0.3 is 0 Å². The number of furan rings is 1. The highest BCUT2D eigenvalue weighted by atomic mass is 16.3. The molecule has 0 bridgehead atoms. The Hall–Kier alpha value is -7.16. The lowest BCUT2D eigenvalue weighted by Crippen LogP contribution is -2.41. The Labute approximate surface area is 352 Å². The minimum absolute atomic E-state index is 0.106. The number of rotatable bonds is 12. The van der Waals surface area contributed by atoms with E-state index in [4.69, 9.17) is 4.42 Å². The molecular formula is C58H47NO. The number of nitrogens with zero attached hydrogens (tertiary/aromatic N) is 1. The van der Waals surface area contributed by atoms with Crippen molar-refractivity contribution in [3.05, 3.63) is 230 Å². The zero-order valence-electron chi connectivity index (χ0n) is 33.8. The molecule has 0 aliphatic heterocycles. The van der Waals surface area contributed by atoms with Crippen molar-refractivity contribution >= 4 is 55.0 Å². The highest BCUT2D eigenvalue weighted by Gasteiger charge is 2.36. The zero-order valence-corrected chi connectivity index (χ0v) is 33.8. The number of allylic oxidation sites excluding steroid dienone is 1. The first-order valence-corrected chi connectivity index (χ1v) is 21.1. The van der Waals surface area contributed by atoms with E-state index in [-0.39, 0.29) is 18.0 Å². The Balaban J connectivity index is 1.24. The normalized spacial score (nSPS) is 13.9. The minimum atomic E-state index is -0.243. The summed E-state index contributed by atoms with van der Waals surface area (Å²) in [4.78, 5) is 2.57. The summed E-state index contributed by atoms with van der Waals surface area (Å²) >= 11 is 0. The molecule has 9 aromatic rings. The van der Waals surface area contributed by atoms with Gasteiger partial charge in [0.1, 0.15) is 11.3 Å². The molecule has 0 spiro atoms. The van der Waals surface area contributed by atoms with Gasteiger partial charge in [-0.2, -0.15) is 0 Å². The Bertz CT molecular complexity index is 3110. The summed E-state index contributed by atoms with van der Waals surface area (Å²) in [5, 5.41) is 8.50. The molecule has 290 valence electrons. The first-order chi connectivity index (χ1) is 29.7. The molecule has 0 saturated carbocycles. The third-order valence-corrected chi connectivity index (χ3v) is 12.6. The molecule has 2 nitrogen and oxygen atoms in total. The van der Waals surface area contributed by atoms with Gasteiger partial charge in [-0.3, -0.25) is 0 Å². The summed E-state index contributed by atoms with van der Waals surface area (Å²) in [6.45, 7) is 13.6. The van der Waals surface area contributed by atoms with Gasteiger partial charge in [-0.1, -0.05) is 176 Å². The molecule has 3 unspecified atom stereocenters. The molecule has 0 fully saturated rings. The fourth-order valence-corrected chi connectivity index (χ4v) is 9.88. The van der Waals surface area contributed by atoms with Crippen LogP contribution in [0.2, 0.25) is 0 Å². The molecule has 60 heavy (non-hydrogen) atoms. The lowest BCUT2D eigenvalue weighted by atomic mass is 9.79. The molecule has 1 aromatic heterocycles. The second-order valence-corrected chi connectivity index (χ2v) is 15.9. The van der Waals surface area contributed by atoms with Crippen LogP contribution in [0.5, 0.6) is 0 Å². The van der Waals surface area contributed by atoms with Gasteiger partial charge < -0.3 is 9.32 Å². The number of anilines is 1. The van der Waals surface area contributed by atoms with Gasteiger partial charge in [-0.25, -0.2) is 0 Å². The number of hydrogen-bond donors (Lipinski definition) is 0. The summed E-state index contributed by atoms with van der Waals surface area (Å²) < 4.78 is 7.15. The Morgan fingerprint density at radius 3 is 2.03 bits per heavy atom. The number of benzene rings is 8. The second-order valence-electron chi connectivity index (χ2n) is 15.9. The molecule has 1 heterocycles. The molecule has 8 aromatic carbocycles. The van der Waals surface area contributed by atoms with Gasteiger partial charge in [0, 0.05) is 28.1 Å². The number of hydrogen-bond acceptors (Lipinski definition) is 2. The molecule has 2 heteroatoms. The van der Waals surface area contributed by atoms with Gasteiger partial charge in [-0.05, 0) is 97.6 Å². The smallest absolute Gasteiger partial charge is 0.142 e. The molecule has 1 aliphatic rings. The molecule has 0 saturated heterocycles. The lowest BCUT2D eigenvalue weighted by molar-refractivity contribution is 0.448. The Morgan fingerprint density at radius 1 is 0.583 bits per heavy atom. The van der Waals surface area contributed by atoms with E-state index in [1.807, 2.05) is 6.08 Å². The first kappa shape index (κ1) is 37.1. The number of para-hydroxylation sites is 2. The van der Waals surface area contributed by atoms with E-state index in [0.717, 1.165) is 51.9 Å². The monoisotopic (exact) mass is 773 g/mol. The van der Waals surface area contributed by atoms with Crippen LogP contribution in [-0.4, -0.2) is 6.04 Å². The largest absolute Gasteiger partial charge is 0.458 e. The van der Waals surface area contributed by atoms with Gasteiger partial charge in [0.05, 0.1) is 12.1 Å². The zero-order chi connectivity index (χ0) is 40.6. The van der Waals surface area contributed by atoms with Crippen LogP contribution >= 0.6 is 0 Å². The van der Waals surface area contributed by atoms with Gasteiger partial charge in [0.15, 0.2) is 0 Å². The predicted molar refractivity (Wildman–Crippen MR) is 257 cm³/mol. The van der Waals surface area contributed by atoms with Crippen LogP contribution in [0.25, 0.3) is 71.6 Å². The topological polar surface area (TPSA) is 16.4 Å². The van der Waals surface area contributed by atoms with E-state index >= 15 is 0 Å². The van der Waals surface area contributed by atoms with Crippen LogP contribution in [0.3, 0.4) is 0 Å². The molecule has 3 atom stereocenters. The van der Waals surface area contributed by atoms with E-state index < -0.39 is 0 Å². The fraction of sp³-hybridized carbons (Fsp3) is 0.103. The Kier molecular flexibility index (Phi) is 9.83. The van der Waals surface area contributed by atoms with E-state index in [9.17, 15) is 0 Å². The van der Waals surface area contributed by atoms with Crippen LogP contribution in [0.1, 0.15) is 47.3 Å². The summed E-state index contributed by atoms with van der Waals surface area (Å²) in [5.41, 5.74) is 10.5. The highest BCUT2D eigenvalue weighted by molar-refractivity contribution is 6.14. The average Bonchev–Trinajstić information content (AvgIpc) is 3.76. The molecular weight excluding hydrogens is 727 g/mol. The summed E-state index contributed by atoms with van der Waals surface area (Å²) in [5.74, 6) is 0.773. The molecule has 1 aliphatic carbocycles. The van der Waals surface area contributed by atoms with Crippen molar-refractivity contribution in [1.29, 1.82) is 0 Å². The van der Waals surface area contributed by atoms with E-state index in [0.29, 0.717) is 6.42 Å². The average molecular weight is 774 g/mol. The molecule has 0 N–H and O–H groups in total. The summed E-state index contributed by atoms with van der Waals surface area (Å²) in [6.07, 6.45) is 13.6. The third-order valence-electron chi connectivity index (χ3n) is 12.6. The third kappa shape index (κ3) is 6.37. The van der Waals surface area contributed by atoms with Crippen molar-refractivity contribution in [2.45, 2.75) is 37.3 Å². The van der Waals surface area contributed by atoms with Crippen LogP contribution in [0.15, 0.2) is 212 Å². The van der Waals surface area contributed by atoms with Crippen molar-refractivity contribution in [3.8, 4) is 22.3 Å². The molecule has 10 rings (SSSR count). The SMILES string of the molecule is C=CCC(c1cc2cccc(-c3ccccc3)c2o1)N(c1ccccc1-c1cc2ccccc2c2ccccc12)C(C=C)C(C=C)c1cc2ccccc2c2c1CCC=C2. The van der Waals surface area contributed by atoms with Crippen molar-refractivity contribution in [3.63, 3.8) is 0 Å². The maximum absolute atomic E-state index is 7.15. The predicted octanol–water partition coefficient (Wildman–Crippen LogP) is 15.8. The van der Waals surface area contributed by atoms with Crippen molar-refractivity contribution < 1.29 is 4.42 Å². The second kappa shape index (κ2) is 15.9. The van der Waals surface area contributed by atoms with Crippen LogP contribution in [-0.2, 0) is 6.42 Å². The first-order valence-electron chi connectivity index (χ1n) is 21.1. The van der Waals surface area contributed by atoms with Gasteiger partial charge in [0.2, 0.25) is 0 Å². The molecule has 0 radical (unpaired) electrons. The highest BCUT2D eigenvalue weighted by Crippen LogP contribution is 2.47. The molecule has 0 amide bonds. The van der Waals surface area contributed by atoms with Gasteiger partial charge in [-0.15, -0.1) is 19.7 Å². The minimum Gasteiger partial charge on any atom is -0.458 e.